The molecule has 0 aliphatic carbocycles. The average Bonchev–Trinajstić information content (AvgIpc) is 2.70. The molecule has 0 saturated heterocycles. The second kappa shape index (κ2) is 9.06. The Morgan fingerprint density at radius 2 is 1.53 bits per heavy atom. The van der Waals surface area contributed by atoms with Gasteiger partial charge in [-0.3, -0.25) is 4.79 Å². The predicted octanol–water partition coefficient (Wildman–Crippen LogP) is 6.93. The van der Waals surface area contributed by atoms with Gasteiger partial charge in [0.05, 0.1) is 11.5 Å². The molecule has 1 heterocycles. The molecule has 0 spiro atoms. The van der Waals surface area contributed by atoms with Gasteiger partial charge in [0.1, 0.15) is 0 Å². The van der Waals surface area contributed by atoms with E-state index in [4.69, 9.17) is 0 Å². The van der Waals surface area contributed by atoms with E-state index in [-0.39, 0.29) is 17.9 Å². The number of aliphatic carboxylic acids is 1. The zero-order chi connectivity index (χ0) is 23.6. The van der Waals surface area contributed by atoms with E-state index >= 15 is 0 Å². The standard InChI is InChI=1S/C24H20F5NO2/c1-13(2)8-19(23(31)32)18-10-15(14-6-4-3-5-7-14)9-17(22(18)24(27,28)29)16-11-20(25)30-21(26)12-16/h3-7,9-13,19H,8H2,1-2H3,(H,31,32). The first kappa shape index (κ1) is 23.4. The number of aromatic nitrogens is 1. The fourth-order valence-electron chi connectivity index (χ4n) is 3.73. The van der Waals surface area contributed by atoms with Crippen LogP contribution >= 0.6 is 0 Å². The minimum atomic E-state index is -4.97. The topological polar surface area (TPSA) is 50.2 Å². The average molecular weight is 449 g/mol. The maximum absolute atomic E-state index is 14.3. The molecule has 0 aliphatic heterocycles. The van der Waals surface area contributed by atoms with Gasteiger partial charge < -0.3 is 5.11 Å². The Labute approximate surface area is 181 Å². The Kier molecular flexibility index (Phi) is 6.62. The van der Waals surface area contributed by atoms with E-state index in [1.807, 2.05) is 0 Å². The number of hydrogen-bond acceptors (Lipinski definition) is 2. The van der Waals surface area contributed by atoms with E-state index in [9.17, 15) is 31.9 Å². The van der Waals surface area contributed by atoms with Gasteiger partial charge in [-0.2, -0.15) is 26.9 Å². The zero-order valence-electron chi connectivity index (χ0n) is 17.3. The monoisotopic (exact) mass is 449 g/mol. The van der Waals surface area contributed by atoms with Crippen molar-refractivity contribution in [3.05, 3.63) is 77.6 Å². The van der Waals surface area contributed by atoms with Crippen molar-refractivity contribution in [2.45, 2.75) is 32.4 Å². The van der Waals surface area contributed by atoms with Gasteiger partial charge in [0, 0.05) is 12.1 Å². The largest absolute Gasteiger partial charge is 0.481 e. The fourth-order valence-corrected chi connectivity index (χ4v) is 3.73. The van der Waals surface area contributed by atoms with Crippen molar-refractivity contribution in [1.82, 2.24) is 4.98 Å². The zero-order valence-corrected chi connectivity index (χ0v) is 17.3. The lowest BCUT2D eigenvalue weighted by atomic mass is 9.82. The molecule has 1 aromatic heterocycles. The van der Waals surface area contributed by atoms with Crippen molar-refractivity contribution < 1.29 is 31.9 Å². The maximum Gasteiger partial charge on any atom is 0.417 e. The highest BCUT2D eigenvalue weighted by atomic mass is 19.4. The number of halogens is 5. The Hall–Kier alpha value is -3.29. The molecular weight excluding hydrogens is 429 g/mol. The highest BCUT2D eigenvalue weighted by Crippen LogP contribution is 2.45. The Balaban J connectivity index is 2.44. The molecule has 0 saturated carbocycles. The van der Waals surface area contributed by atoms with Gasteiger partial charge in [0.25, 0.3) is 0 Å². The molecule has 2 aromatic carbocycles. The third-order valence-corrected chi connectivity index (χ3v) is 5.01. The number of rotatable bonds is 6. The molecule has 3 aromatic rings. The van der Waals surface area contributed by atoms with E-state index < -0.39 is 46.6 Å². The molecular formula is C24H20F5NO2. The lowest BCUT2D eigenvalue weighted by Gasteiger charge is -2.24. The summed E-state index contributed by atoms with van der Waals surface area (Å²) in [6.07, 6.45) is -5.02. The van der Waals surface area contributed by atoms with Crippen LogP contribution in [0.2, 0.25) is 0 Å². The highest BCUT2D eigenvalue weighted by molar-refractivity contribution is 5.83. The molecule has 1 unspecified atom stereocenters. The smallest absolute Gasteiger partial charge is 0.417 e. The highest BCUT2D eigenvalue weighted by Gasteiger charge is 2.40. The predicted molar refractivity (Wildman–Crippen MR) is 110 cm³/mol. The number of alkyl halides is 3. The van der Waals surface area contributed by atoms with Gasteiger partial charge in [-0.15, -0.1) is 0 Å². The lowest BCUT2D eigenvalue weighted by molar-refractivity contribution is -0.141. The normalized spacial score (nSPS) is 12.8. The van der Waals surface area contributed by atoms with Crippen LogP contribution < -0.4 is 0 Å². The summed E-state index contributed by atoms with van der Waals surface area (Å²) in [6, 6.07) is 12.2. The summed E-state index contributed by atoms with van der Waals surface area (Å²) in [5.74, 6) is -5.65. The Bertz CT molecular complexity index is 1110. The molecule has 1 N–H and O–H groups in total. The van der Waals surface area contributed by atoms with Crippen molar-refractivity contribution in [1.29, 1.82) is 0 Å². The minimum Gasteiger partial charge on any atom is -0.481 e. The van der Waals surface area contributed by atoms with Gasteiger partial charge in [-0.25, -0.2) is 0 Å². The molecule has 3 rings (SSSR count). The van der Waals surface area contributed by atoms with Gasteiger partial charge in [-0.05, 0) is 52.3 Å². The van der Waals surface area contributed by atoms with Crippen LogP contribution in [0.1, 0.15) is 37.3 Å². The van der Waals surface area contributed by atoms with E-state index in [0.717, 1.165) is 0 Å². The van der Waals surface area contributed by atoms with Crippen LogP contribution in [0.3, 0.4) is 0 Å². The summed E-state index contributed by atoms with van der Waals surface area (Å²) in [7, 11) is 0. The molecule has 0 aliphatic rings. The van der Waals surface area contributed by atoms with Crippen LogP contribution in [0, 0.1) is 17.8 Å². The first-order valence-electron chi connectivity index (χ1n) is 9.84. The second-order valence-corrected chi connectivity index (χ2v) is 7.87. The molecule has 1 atom stereocenters. The summed E-state index contributed by atoms with van der Waals surface area (Å²) in [5.41, 5.74) is -1.73. The summed E-state index contributed by atoms with van der Waals surface area (Å²) < 4.78 is 70.5. The van der Waals surface area contributed by atoms with E-state index in [1.165, 1.54) is 12.1 Å². The molecule has 0 radical (unpaired) electrons. The Morgan fingerprint density at radius 3 is 2.03 bits per heavy atom. The number of carboxylic acids is 1. The number of benzene rings is 2. The van der Waals surface area contributed by atoms with Crippen molar-refractivity contribution >= 4 is 5.97 Å². The second-order valence-electron chi connectivity index (χ2n) is 7.87. The minimum absolute atomic E-state index is 0.0465. The van der Waals surface area contributed by atoms with Crippen LogP contribution in [-0.2, 0) is 11.0 Å². The van der Waals surface area contributed by atoms with Crippen LogP contribution in [0.5, 0.6) is 0 Å². The molecule has 0 fully saturated rings. The molecule has 3 nitrogen and oxygen atoms in total. The molecule has 168 valence electrons. The van der Waals surface area contributed by atoms with Crippen molar-refractivity contribution in [2.24, 2.45) is 5.92 Å². The third kappa shape index (κ3) is 5.12. The first-order chi connectivity index (χ1) is 15.0. The fraction of sp³-hybridized carbons (Fsp3) is 0.250. The van der Waals surface area contributed by atoms with E-state index in [2.05, 4.69) is 4.98 Å². The third-order valence-electron chi connectivity index (χ3n) is 5.01. The Morgan fingerprint density at radius 1 is 0.938 bits per heavy atom. The lowest BCUT2D eigenvalue weighted by Crippen LogP contribution is -2.20. The van der Waals surface area contributed by atoms with E-state index in [0.29, 0.717) is 23.3 Å². The van der Waals surface area contributed by atoms with Crippen LogP contribution in [-0.4, -0.2) is 16.1 Å². The van der Waals surface area contributed by atoms with E-state index in [1.54, 1.807) is 44.2 Å². The number of nitrogens with zero attached hydrogens (tertiary/aromatic N) is 1. The number of carboxylic acid groups (broad SMARTS) is 1. The van der Waals surface area contributed by atoms with Gasteiger partial charge in [0.2, 0.25) is 11.9 Å². The molecule has 32 heavy (non-hydrogen) atoms. The van der Waals surface area contributed by atoms with Crippen molar-refractivity contribution in [2.75, 3.05) is 0 Å². The molecule has 0 bridgehead atoms. The van der Waals surface area contributed by atoms with Gasteiger partial charge in [0.15, 0.2) is 0 Å². The summed E-state index contributed by atoms with van der Waals surface area (Å²) >= 11 is 0. The number of carbonyl (C=O) groups is 1. The van der Waals surface area contributed by atoms with Crippen molar-refractivity contribution in [3.63, 3.8) is 0 Å². The first-order valence-corrected chi connectivity index (χ1v) is 9.84. The summed E-state index contributed by atoms with van der Waals surface area (Å²) in [6.45, 7) is 3.41. The maximum atomic E-state index is 14.3. The van der Waals surface area contributed by atoms with Crippen LogP contribution in [0.15, 0.2) is 54.6 Å². The van der Waals surface area contributed by atoms with Crippen LogP contribution in [0.4, 0.5) is 22.0 Å². The van der Waals surface area contributed by atoms with Crippen molar-refractivity contribution in [3.8, 4) is 22.3 Å². The van der Waals surface area contributed by atoms with Crippen LogP contribution in [0.25, 0.3) is 22.3 Å². The summed E-state index contributed by atoms with van der Waals surface area (Å²) in [5, 5.41) is 9.78. The number of hydrogen-bond donors (Lipinski definition) is 1. The van der Waals surface area contributed by atoms with Gasteiger partial charge in [-0.1, -0.05) is 44.2 Å². The number of pyridine rings is 1. The quantitative estimate of drug-likeness (QED) is 0.328. The van der Waals surface area contributed by atoms with Gasteiger partial charge >= 0.3 is 12.1 Å². The SMILES string of the molecule is CC(C)CC(C(=O)O)c1cc(-c2ccccc2)cc(-c2cc(F)nc(F)c2)c1C(F)(F)F. The summed E-state index contributed by atoms with van der Waals surface area (Å²) in [4.78, 5) is 15.0. The molecule has 0 amide bonds. The molecule has 8 heteroatoms.